The summed E-state index contributed by atoms with van der Waals surface area (Å²) in [6.07, 6.45) is 2.91. The van der Waals surface area contributed by atoms with E-state index in [-0.39, 0.29) is 24.4 Å². The molecule has 10 nitrogen and oxygen atoms in total. The minimum Gasteiger partial charge on any atom is -0.480 e. The molecule has 0 aliphatic carbocycles. The average molecular weight is 529 g/mol. The van der Waals surface area contributed by atoms with Crippen molar-refractivity contribution in [2.75, 3.05) is 6.54 Å². The quantitative estimate of drug-likeness (QED) is 0.271. The Labute approximate surface area is 217 Å². The second-order valence-electron chi connectivity index (χ2n) is 8.85. The fourth-order valence-electron chi connectivity index (χ4n) is 4.27. The second-order valence-corrected chi connectivity index (χ2v) is 9.29. The number of benzene rings is 2. The number of H-pyrrole nitrogens is 1. The molecule has 1 aliphatic rings. The van der Waals surface area contributed by atoms with E-state index in [2.05, 4.69) is 31.4 Å². The first kappa shape index (κ1) is 26.2. The molecule has 12 heteroatoms. The van der Waals surface area contributed by atoms with Gasteiger partial charge < -0.3 is 21.1 Å². The van der Waals surface area contributed by atoms with Crippen molar-refractivity contribution in [1.82, 2.24) is 31.4 Å². The van der Waals surface area contributed by atoms with Gasteiger partial charge in [0.05, 0.1) is 12.2 Å². The van der Waals surface area contributed by atoms with Crippen molar-refractivity contribution in [3.63, 3.8) is 0 Å². The standard InChI is InChI=1S/C25H26ClFN6O4/c26-16-7-8-19(27)18(11-16)15-5-3-14(4-6-15)10-17(30-24(35)22-13-29-33-32-22)12-21(25(36)37)31-23(34)20-2-1-9-28-20/h3-8,11,13,17,20-21,28H,1-2,9-10,12H2,(H,30,35)(H,31,34)(H,36,37)(H,29,32,33)/t17-,20?,21-/m1/s1. The van der Waals surface area contributed by atoms with E-state index in [1.54, 1.807) is 24.3 Å². The smallest absolute Gasteiger partial charge is 0.326 e. The number of rotatable bonds is 10. The number of carboxylic acid groups (broad SMARTS) is 1. The van der Waals surface area contributed by atoms with E-state index in [9.17, 15) is 23.9 Å². The Morgan fingerprint density at radius 2 is 1.95 bits per heavy atom. The summed E-state index contributed by atoms with van der Waals surface area (Å²) in [5, 5.41) is 28.2. The fraction of sp³-hybridized carbons (Fsp3) is 0.320. The van der Waals surface area contributed by atoms with E-state index in [0.29, 0.717) is 29.1 Å². The monoisotopic (exact) mass is 528 g/mol. The van der Waals surface area contributed by atoms with Gasteiger partial charge in [-0.25, -0.2) is 9.18 Å². The lowest BCUT2D eigenvalue weighted by molar-refractivity contribution is -0.142. The Hall–Kier alpha value is -3.83. The maximum Gasteiger partial charge on any atom is 0.326 e. The van der Waals surface area contributed by atoms with Gasteiger partial charge in [0, 0.05) is 16.6 Å². The van der Waals surface area contributed by atoms with Crippen LogP contribution in [0.1, 0.15) is 35.3 Å². The summed E-state index contributed by atoms with van der Waals surface area (Å²) in [5.74, 6) is -2.52. The molecule has 0 saturated carbocycles. The molecule has 0 spiro atoms. The van der Waals surface area contributed by atoms with Crippen LogP contribution >= 0.6 is 11.6 Å². The highest BCUT2D eigenvalue weighted by Gasteiger charge is 2.30. The molecule has 1 fully saturated rings. The van der Waals surface area contributed by atoms with Crippen LogP contribution in [0.3, 0.4) is 0 Å². The van der Waals surface area contributed by atoms with Crippen LogP contribution in [0, 0.1) is 5.82 Å². The van der Waals surface area contributed by atoms with Gasteiger partial charge in [-0.15, -0.1) is 5.10 Å². The molecule has 2 heterocycles. The Morgan fingerprint density at radius 3 is 2.59 bits per heavy atom. The van der Waals surface area contributed by atoms with Crippen LogP contribution in [0.2, 0.25) is 5.02 Å². The van der Waals surface area contributed by atoms with Gasteiger partial charge in [-0.3, -0.25) is 14.7 Å². The molecule has 1 aliphatic heterocycles. The third kappa shape index (κ3) is 6.89. The first-order valence-corrected chi connectivity index (χ1v) is 12.2. The number of aliphatic carboxylic acids is 1. The van der Waals surface area contributed by atoms with Crippen LogP contribution in [0.25, 0.3) is 11.1 Å². The van der Waals surface area contributed by atoms with Gasteiger partial charge in [0.2, 0.25) is 5.91 Å². The summed E-state index contributed by atoms with van der Waals surface area (Å²) in [5.41, 5.74) is 1.85. The Balaban J connectivity index is 1.51. The molecule has 194 valence electrons. The number of hydrogen-bond donors (Lipinski definition) is 5. The van der Waals surface area contributed by atoms with Crippen LogP contribution in [0.15, 0.2) is 48.7 Å². The number of carbonyl (C=O) groups excluding carboxylic acids is 2. The molecular formula is C25H26ClFN6O4. The number of aromatic nitrogens is 3. The first-order chi connectivity index (χ1) is 17.8. The highest BCUT2D eigenvalue weighted by Crippen LogP contribution is 2.26. The second kappa shape index (κ2) is 11.9. The van der Waals surface area contributed by atoms with Crippen molar-refractivity contribution in [2.45, 2.75) is 43.8 Å². The van der Waals surface area contributed by atoms with Crippen molar-refractivity contribution in [3.8, 4) is 11.1 Å². The van der Waals surface area contributed by atoms with E-state index in [1.165, 1.54) is 24.4 Å². The molecule has 5 N–H and O–H groups in total. The molecule has 2 aromatic carbocycles. The number of nitrogens with zero attached hydrogens (tertiary/aromatic N) is 2. The Bertz CT molecular complexity index is 1250. The highest BCUT2D eigenvalue weighted by molar-refractivity contribution is 6.30. The van der Waals surface area contributed by atoms with Crippen molar-refractivity contribution < 1.29 is 23.9 Å². The Kier molecular flexibility index (Phi) is 8.47. The number of halogens is 2. The largest absolute Gasteiger partial charge is 0.480 e. The summed E-state index contributed by atoms with van der Waals surface area (Å²) in [7, 11) is 0. The van der Waals surface area contributed by atoms with Gasteiger partial charge in [0.1, 0.15) is 17.6 Å². The summed E-state index contributed by atoms with van der Waals surface area (Å²) in [6.45, 7) is 0.696. The molecule has 1 unspecified atom stereocenters. The fourth-order valence-corrected chi connectivity index (χ4v) is 4.45. The SMILES string of the molecule is O=C(N[C@H](Cc1ccc(-c2cc(Cl)ccc2F)cc1)C[C@@H](NC(=O)C1CCCN1)C(=O)O)c1cnn[nH]1. The molecule has 1 aromatic heterocycles. The summed E-state index contributed by atoms with van der Waals surface area (Å²) < 4.78 is 14.3. The third-order valence-electron chi connectivity index (χ3n) is 6.18. The zero-order chi connectivity index (χ0) is 26.4. The van der Waals surface area contributed by atoms with Crippen molar-refractivity contribution in [3.05, 3.63) is 70.8 Å². The number of nitrogens with one attached hydrogen (secondary N) is 4. The van der Waals surface area contributed by atoms with E-state index in [0.717, 1.165) is 12.0 Å². The van der Waals surface area contributed by atoms with Gasteiger partial charge in [0.25, 0.3) is 5.91 Å². The molecule has 0 radical (unpaired) electrons. The molecule has 1 saturated heterocycles. The van der Waals surface area contributed by atoms with Crippen LogP contribution in [0.4, 0.5) is 4.39 Å². The third-order valence-corrected chi connectivity index (χ3v) is 6.42. The predicted octanol–water partition coefficient (Wildman–Crippen LogP) is 2.32. The van der Waals surface area contributed by atoms with E-state index in [4.69, 9.17) is 11.6 Å². The minimum absolute atomic E-state index is 0.0637. The molecule has 0 bridgehead atoms. The number of carboxylic acids is 1. The highest BCUT2D eigenvalue weighted by atomic mass is 35.5. The molecule has 37 heavy (non-hydrogen) atoms. The maximum atomic E-state index is 14.3. The molecular weight excluding hydrogens is 503 g/mol. The van der Waals surface area contributed by atoms with Gasteiger partial charge in [-0.2, -0.15) is 0 Å². The van der Waals surface area contributed by atoms with Crippen molar-refractivity contribution >= 4 is 29.4 Å². The Morgan fingerprint density at radius 1 is 1.16 bits per heavy atom. The number of carbonyl (C=O) groups is 3. The van der Waals surface area contributed by atoms with Crippen LogP contribution in [-0.2, 0) is 16.0 Å². The summed E-state index contributed by atoms with van der Waals surface area (Å²) >= 11 is 6.01. The number of amides is 2. The number of aromatic amines is 1. The topological polar surface area (TPSA) is 149 Å². The zero-order valence-corrected chi connectivity index (χ0v) is 20.5. The normalized spacial score (nSPS) is 16.6. The predicted molar refractivity (Wildman–Crippen MR) is 133 cm³/mol. The zero-order valence-electron chi connectivity index (χ0n) is 19.7. The van der Waals surface area contributed by atoms with Crippen molar-refractivity contribution in [2.24, 2.45) is 0 Å². The lowest BCUT2D eigenvalue weighted by Gasteiger charge is -2.24. The van der Waals surface area contributed by atoms with Crippen molar-refractivity contribution in [1.29, 1.82) is 0 Å². The first-order valence-electron chi connectivity index (χ1n) is 11.8. The molecule has 4 rings (SSSR count). The van der Waals surface area contributed by atoms with E-state index in [1.807, 2.05) is 0 Å². The van der Waals surface area contributed by atoms with Crippen LogP contribution < -0.4 is 16.0 Å². The number of hydrogen-bond acceptors (Lipinski definition) is 6. The minimum atomic E-state index is -1.22. The van der Waals surface area contributed by atoms with Gasteiger partial charge in [-0.05, 0) is 61.6 Å². The lowest BCUT2D eigenvalue weighted by Crippen LogP contribution is -2.51. The molecule has 2 amide bonds. The maximum absolute atomic E-state index is 14.3. The van der Waals surface area contributed by atoms with Crippen LogP contribution in [-0.4, -0.2) is 63.0 Å². The van der Waals surface area contributed by atoms with E-state index < -0.39 is 35.8 Å². The summed E-state index contributed by atoms with van der Waals surface area (Å²) in [4.78, 5) is 37.2. The average Bonchev–Trinajstić information content (AvgIpc) is 3.60. The summed E-state index contributed by atoms with van der Waals surface area (Å²) in [6, 6.07) is 8.96. The van der Waals surface area contributed by atoms with Crippen LogP contribution in [0.5, 0.6) is 0 Å². The lowest BCUT2D eigenvalue weighted by atomic mass is 9.96. The molecule has 3 atom stereocenters. The van der Waals surface area contributed by atoms with Gasteiger partial charge >= 0.3 is 5.97 Å². The van der Waals surface area contributed by atoms with Gasteiger partial charge in [0.15, 0.2) is 0 Å². The van der Waals surface area contributed by atoms with E-state index >= 15 is 0 Å². The van der Waals surface area contributed by atoms with Gasteiger partial charge in [-0.1, -0.05) is 41.1 Å². The molecule has 3 aromatic rings.